The van der Waals surface area contributed by atoms with Crippen molar-refractivity contribution in [2.75, 3.05) is 0 Å². The molecule has 0 aliphatic heterocycles. The molecule has 0 bridgehead atoms. The normalized spacial score (nSPS) is 15.5. The van der Waals surface area contributed by atoms with E-state index in [1.165, 1.54) is 37.0 Å². The third-order valence-electron chi connectivity index (χ3n) is 3.47. The minimum absolute atomic E-state index is 1.35. The first-order chi connectivity index (χ1) is 8.36. The molecule has 2 aromatic carbocycles. The zero-order chi connectivity index (χ0) is 11.4. The lowest BCUT2D eigenvalue weighted by atomic mass is 10.0. The van der Waals surface area contributed by atoms with Gasteiger partial charge >= 0.3 is 0 Å². The summed E-state index contributed by atoms with van der Waals surface area (Å²) in [6.45, 7) is 0. The number of allylic oxidation sites excluding steroid dienone is 2. The Labute approximate surface area is 114 Å². The first-order valence-corrected chi connectivity index (χ1v) is 6.75. The number of hydrogen-bond donors (Lipinski definition) is 0. The van der Waals surface area contributed by atoms with Crippen LogP contribution in [0.2, 0.25) is 0 Å². The number of hydrogen-bond acceptors (Lipinski definition) is 0. The second kappa shape index (κ2) is 3.33. The summed E-state index contributed by atoms with van der Waals surface area (Å²) >= 11 is 2.48. The van der Waals surface area contributed by atoms with E-state index in [-0.39, 0.29) is 0 Å². The van der Waals surface area contributed by atoms with Crippen molar-refractivity contribution in [1.82, 2.24) is 0 Å². The van der Waals surface area contributed by atoms with E-state index in [0.29, 0.717) is 0 Å². The van der Waals surface area contributed by atoms with Crippen LogP contribution in [-0.4, -0.2) is 0 Å². The topological polar surface area (TPSA) is 0 Å². The van der Waals surface area contributed by atoms with Gasteiger partial charge in [-0.2, -0.15) is 0 Å². The molecule has 80 valence electrons. The van der Waals surface area contributed by atoms with Crippen molar-refractivity contribution >= 4 is 43.4 Å². The predicted octanol–water partition coefficient (Wildman–Crippen LogP) is 4.86. The summed E-state index contributed by atoms with van der Waals surface area (Å²) in [5.74, 6) is 0. The van der Waals surface area contributed by atoms with Crippen LogP contribution in [0.25, 0.3) is 20.8 Å². The molecule has 0 amide bonds. The van der Waals surface area contributed by atoms with Gasteiger partial charge in [-0.1, -0.05) is 48.5 Å². The summed E-state index contributed by atoms with van der Waals surface area (Å²) in [6.07, 6.45) is 2.31. The van der Waals surface area contributed by atoms with Gasteiger partial charge in [0.15, 0.2) is 0 Å². The van der Waals surface area contributed by atoms with Gasteiger partial charge in [0.25, 0.3) is 0 Å². The second-order valence-corrected chi connectivity index (χ2v) is 5.46. The second-order valence-electron chi connectivity index (χ2n) is 4.38. The fraction of sp³-hybridized carbons (Fsp3) is 0. The largest absolute Gasteiger partial charge is 0.0616 e. The van der Waals surface area contributed by atoms with Crippen LogP contribution in [0.1, 0.15) is 22.3 Å². The molecular formula is C16H9I. The van der Waals surface area contributed by atoms with Crippen LogP contribution in [0.5, 0.6) is 0 Å². The summed E-state index contributed by atoms with van der Waals surface area (Å²) < 4.78 is 1.38. The average Bonchev–Trinajstić information content (AvgIpc) is 2.88. The average molecular weight is 328 g/mol. The van der Waals surface area contributed by atoms with E-state index < -0.39 is 0 Å². The zero-order valence-electron chi connectivity index (χ0n) is 9.07. The van der Waals surface area contributed by atoms with E-state index in [4.69, 9.17) is 0 Å². The Morgan fingerprint density at radius 1 is 0.706 bits per heavy atom. The SMILES string of the molecule is IC1=C2C(=Cc3ccccc32)c2ccccc21. The van der Waals surface area contributed by atoms with Gasteiger partial charge in [-0.3, -0.25) is 0 Å². The molecule has 0 N–H and O–H groups in total. The Bertz CT molecular complexity index is 705. The van der Waals surface area contributed by atoms with E-state index >= 15 is 0 Å². The van der Waals surface area contributed by atoms with E-state index in [1.54, 1.807) is 0 Å². The summed E-state index contributed by atoms with van der Waals surface area (Å²) in [5, 5.41) is 0. The first kappa shape index (κ1) is 9.66. The monoisotopic (exact) mass is 328 g/mol. The highest BCUT2D eigenvalue weighted by atomic mass is 127. The molecule has 0 spiro atoms. The minimum Gasteiger partial charge on any atom is -0.0616 e. The Balaban J connectivity index is 2.09. The fourth-order valence-corrected chi connectivity index (χ4v) is 3.77. The number of rotatable bonds is 0. The standard InChI is InChI=1S/C16H9I/c17-16-13-8-4-3-7-12(13)14-9-10-5-1-2-6-11(10)15(14)16/h1-9H. The van der Waals surface area contributed by atoms with E-state index in [2.05, 4.69) is 77.2 Å². The van der Waals surface area contributed by atoms with Crippen LogP contribution in [0.15, 0.2) is 48.5 Å². The van der Waals surface area contributed by atoms with Crippen LogP contribution in [-0.2, 0) is 0 Å². The lowest BCUT2D eigenvalue weighted by molar-refractivity contribution is 1.62. The summed E-state index contributed by atoms with van der Waals surface area (Å²) in [4.78, 5) is 0. The molecule has 0 aromatic heterocycles. The highest BCUT2D eigenvalue weighted by Gasteiger charge is 2.30. The molecule has 0 unspecified atom stereocenters. The maximum absolute atomic E-state index is 2.48. The van der Waals surface area contributed by atoms with Crippen molar-refractivity contribution in [3.63, 3.8) is 0 Å². The molecule has 17 heavy (non-hydrogen) atoms. The van der Waals surface area contributed by atoms with Crippen LogP contribution < -0.4 is 0 Å². The Morgan fingerprint density at radius 3 is 2.18 bits per heavy atom. The van der Waals surface area contributed by atoms with Gasteiger partial charge in [-0.25, -0.2) is 0 Å². The summed E-state index contributed by atoms with van der Waals surface area (Å²) in [5.41, 5.74) is 8.30. The van der Waals surface area contributed by atoms with Crippen molar-refractivity contribution in [2.45, 2.75) is 0 Å². The quantitative estimate of drug-likeness (QED) is 0.606. The van der Waals surface area contributed by atoms with Crippen molar-refractivity contribution < 1.29 is 0 Å². The lowest BCUT2D eigenvalue weighted by Crippen LogP contribution is -1.80. The minimum atomic E-state index is 1.35. The van der Waals surface area contributed by atoms with Crippen LogP contribution in [0.3, 0.4) is 0 Å². The van der Waals surface area contributed by atoms with Gasteiger partial charge in [-0.05, 0) is 56.5 Å². The maximum atomic E-state index is 2.48. The molecule has 0 atom stereocenters. The Hall–Kier alpha value is -1.35. The van der Waals surface area contributed by atoms with Gasteiger partial charge in [-0.15, -0.1) is 0 Å². The summed E-state index contributed by atoms with van der Waals surface area (Å²) in [7, 11) is 0. The van der Waals surface area contributed by atoms with Gasteiger partial charge < -0.3 is 0 Å². The number of fused-ring (bicyclic) bond motifs is 5. The number of benzene rings is 2. The van der Waals surface area contributed by atoms with Crippen molar-refractivity contribution in [3.05, 3.63) is 70.8 Å². The van der Waals surface area contributed by atoms with Crippen LogP contribution in [0.4, 0.5) is 0 Å². The molecule has 0 heterocycles. The van der Waals surface area contributed by atoms with E-state index in [0.717, 1.165) is 0 Å². The third kappa shape index (κ3) is 1.18. The Kier molecular flexibility index (Phi) is 1.89. The van der Waals surface area contributed by atoms with Gasteiger partial charge in [0.1, 0.15) is 0 Å². The predicted molar refractivity (Wildman–Crippen MR) is 81.6 cm³/mol. The third-order valence-corrected chi connectivity index (χ3v) is 4.59. The summed E-state index contributed by atoms with van der Waals surface area (Å²) in [6, 6.07) is 17.3. The molecule has 1 heteroatoms. The van der Waals surface area contributed by atoms with Crippen molar-refractivity contribution in [2.24, 2.45) is 0 Å². The molecule has 0 radical (unpaired) electrons. The lowest BCUT2D eigenvalue weighted by Gasteiger charge is -2.01. The molecule has 2 aliphatic rings. The first-order valence-electron chi connectivity index (χ1n) is 5.67. The molecule has 0 fully saturated rings. The Morgan fingerprint density at radius 2 is 1.35 bits per heavy atom. The fourth-order valence-electron chi connectivity index (χ4n) is 2.72. The number of halogens is 1. The van der Waals surface area contributed by atoms with E-state index in [9.17, 15) is 0 Å². The highest BCUT2D eigenvalue weighted by Crippen LogP contribution is 2.53. The molecule has 0 saturated carbocycles. The van der Waals surface area contributed by atoms with Gasteiger partial charge in [0.2, 0.25) is 0 Å². The zero-order valence-corrected chi connectivity index (χ0v) is 11.2. The smallest absolute Gasteiger partial charge is 0.0293 e. The molecule has 4 rings (SSSR count). The molecule has 2 aliphatic carbocycles. The molecule has 0 nitrogen and oxygen atoms in total. The molecule has 2 aromatic rings. The van der Waals surface area contributed by atoms with E-state index in [1.807, 2.05) is 0 Å². The van der Waals surface area contributed by atoms with Crippen molar-refractivity contribution in [3.8, 4) is 0 Å². The maximum Gasteiger partial charge on any atom is 0.0293 e. The van der Waals surface area contributed by atoms with Crippen LogP contribution >= 0.6 is 22.6 Å². The highest BCUT2D eigenvalue weighted by molar-refractivity contribution is 14.1. The van der Waals surface area contributed by atoms with Gasteiger partial charge in [0, 0.05) is 9.15 Å². The van der Waals surface area contributed by atoms with Crippen molar-refractivity contribution in [1.29, 1.82) is 0 Å². The molecular weight excluding hydrogens is 319 g/mol. The molecule has 0 saturated heterocycles. The van der Waals surface area contributed by atoms with Gasteiger partial charge in [0.05, 0.1) is 0 Å². The van der Waals surface area contributed by atoms with Crippen LogP contribution in [0, 0.1) is 0 Å².